The lowest BCUT2D eigenvalue weighted by molar-refractivity contribution is -0.137. The average molecular weight is 260 g/mol. The van der Waals surface area contributed by atoms with Gasteiger partial charge in [0.15, 0.2) is 0 Å². The molecule has 0 spiro atoms. The van der Waals surface area contributed by atoms with E-state index in [9.17, 15) is 13.2 Å². The molecule has 0 saturated heterocycles. The normalized spacial score (nSPS) is 11.8. The van der Waals surface area contributed by atoms with Crippen LogP contribution in [0, 0.1) is 6.07 Å². The van der Waals surface area contributed by atoms with Crippen molar-refractivity contribution in [2.45, 2.75) is 12.7 Å². The Balaban J connectivity index is 2.36. The molecule has 1 radical (unpaired) electrons. The highest BCUT2D eigenvalue weighted by molar-refractivity contribution is 6.32. The maximum Gasteiger partial charge on any atom is 0.417 e. The standard InChI is InChI=1S/C11H7ClF3N2/c12-10-8(7-17-6-2-5-16-17)3-1-4-9(10)11(13,14)15/h1,3-6H,7H2. The first kappa shape index (κ1) is 12.0. The van der Waals surface area contributed by atoms with E-state index in [1.54, 1.807) is 6.07 Å². The predicted molar refractivity (Wildman–Crippen MR) is 56.6 cm³/mol. The van der Waals surface area contributed by atoms with Gasteiger partial charge in [-0.05, 0) is 11.6 Å². The molecule has 0 aliphatic carbocycles. The van der Waals surface area contributed by atoms with Crippen LogP contribution in [0.4, 0.5) is 13.2 Å². The van der Waals surface area contributed by atoms with Crippen LogP contribution in [0.5, 0.6) is 0 Å². The van der Waals surface area contributed by atoms with Crippen LogP contribution in [0.1, 0.15) is 11.1 Å². The molecule has 0 aliphatic heterocycles. The molecule has 89 valence electrons. The zero-order chi connectivity index (χ0) is 12.5. The Morgan fingerprint density at radius 3 is 2.71 bits per heavy atom. The SMILES string of the molecule is FC(F)(F)c1cccc(Cn2c[c]cn2)c1Cl. The molecule has 2 aromatic rings. The van der Waals surface area contributed by atoms with Gasteiger partial charge in [0.05, 0.1) is 23.3 Å². The molecule has 0 amide bonds. The third-order valence-corrected chi connectivity index (χ3v) is 2.67. The van der Waals surface area contributed by atoms with Gasteiger partial charge in [0.25, 0.3) is 0 Å². The van der Waals surface area contributed by atoms with Gasteiger partial charge in [-0.25, -0.2) is 0 Å². The van der Waals surface area contributed by atoms with Gasteiger partial charge >= 0.3 is 6.18 Å². The summed E-state index contributed by atoms with van der Waals surface area (Å²) in [5, 5.41) is 3.58. The van der Waals surface area contributed by atoms with Crippen LogP contribution in [0.15, 0.2) is 30.6 Å². The fourth-order valence-corrected chi connectivity index (χ4v) is 1.73. The maximum absolute atomic E-state index is 12.6. The van der Waals surface area contributed by atoms with E-state index in [2.05, 4.69) is 11.2 Å². The Morgan fingerprint density at radius 1 is 1.35 bits per heavy atom. The van der Waals surface area contributed by atoms with Crippen LogP contribution in [-0.2, 0) is 12.7 Å². The summed E-state index contributed by atoms with van der Waals surface area (Å²) in [5.41, 5.74) is -0.452. The molecule has 0 atom stereocenters. The van der Waals surface area contributed by atoms with Crippen molar-refractivity contribution in [2.75, 3.05) is 0 Å². The Morgan fingerprint density at radius 2 is 2.12 bits per heavy atom. The second kappa shape index (κ2) is 4.41. The van der Waals surface area contributed by atoms with Crippen LogP contribution in [0.3, 0.4) is 0 Å². The molecular weight excluding hydrogens is 253 g/mol. The predicted octanol–water partition coefficient (Wildman–Crippen LogP) is 3.40. The van der Waals surface area contributed by atoms with E-state index in [1.165, 1.54) is 23.1 Å². The Kier molecular flexibility index (Phi) is 3.11. The van der Waals surface area contributed by atoms with Gasteiger partial charge in [-0.15, -0.1) is 0 Å². The van der Waals surface area contributed by atoms with E-state index < -0.39 is 11.7 Å². The summed E-state index contributed by atoms with van der Waals surface area (Å²) in [5.74, 6) is 0. The van der Waals surface area contributed by atoms with Gasteiger partial charge in [0.1, 0.15) is 0 Å². The molecule has 0 saturated carbocycles. The minimum Gasteiger partial charge on any atom is -0.268 e. The van der Waals surface area contributed by atoms with E-state index in [1.807, 2.05) is 0 Å². The van der Waals surface area contributed by atoms with E-state index in [-0.39, 0.29) is 11.6 Å². The zero-order valence-corrected chi connectivity index (χ0v) is 9.26. The molecule has 0 fully saturated rings. The number of aromatic nitrogens is 2. The summed E-state index contributed by atoms with van der Waals surface area (Å²) in [7, 11) is 0. The van der Waals surface area contributed by atoms with Crippen molar-refractivity contribution in [2.24, 2.45) is 0 Å². The number of benzene rings is 1. The summed E-state index contributed by atoms with van der Waals surface area (Å²) in [6, 6.07) is 6.53. The van der Waals surface area contributed by atoms with Gasteiger partial charge < -0.3 is 0 Å². The third-order valence-electron chi connectivity index (χ3n) is 2.22. The van der Waals surface area contributed by atoms with E-state index in [4.69, 9.17) is 11.6 Å². The van der Waals surface area contributed by atoms with Crippen molar-refractivity contribution in [3.63, 3.8) is 0 Å². The molecule has 1 heterocycles. The lowest BCUT2D eigenvalue weighted by Crippen LogP contribution is -2.08. The highest BCUT2D eigenvalue weighted by Crippen LogP contribution is 2.36. The quantitative estimate of drug-likeness (QED) is 0.808. The van der Waals surface area contributed by atoms with Crippen LogP contribution in [0.2, 0.25) is 5.02 Å². The summed E-state index contributed by atoms with van der Waals surface area (Å²) in [6.07, 6.45) is -1.47. The van der Waals surface area contributed by atoms with Gasteiger partial charge in [0.2, 0.25) is 0 Å². The van der Waals surface area contributed by atoms with Crippen LogP contribution < -0.4 is 0 Å². The second-order valence-electron chi connectivity index (χ2n) is 3.41. The summed E-state index contributed by atoms with van der Waals surface area (Å²) < 4.78 is 39.2. The van der Waals surface area contributed by atoms with Crippen molar-refractivity contribution in [3.8, 4) is 0 Å². The van der Waals surface area contributed by atoms with Crippen LogP contribution in [-0.4, -0.2) is 9.78 Å². The summed E-state index contributed by atoms with van der Waals surface area (Å²) in [4.78, 5) is 0. The molecule has 0 N–H and O–H groups in total. The average Bonchev–Trinajstić information content (AvgIpc) is 2.72. The van der Waals surface area contributed by atoms with Gasteiger partial charge in [-0.1, -0.05) is 23.7 Å². The first-order valence-electron chi connectivity index (χ1n) is 4.71. The van der Waals surface area contributed by atoms with Crippen LogP contribution in [0.25, 0.3) is 0 Å². The second-order valence-corrected chi connectivity index (χ2v) is 3.79. The Bertz CT molecular complexity index is 506. The minimum atomic E-state index is -4.44. The van der Waals surface area contributed by atoms with Crippen molar-refractivity contribution in [1.82, 2.24) is 9.78 Å². The van der Waals surface area contributed by atoms with Gasteiger partial charge in [0, 0.05) is 12.3 Å². The molecule has 2 nitrogen and oxygen atoms in total. The topological polar surface area (TPSA) is 17.8 Å². The first-order chi connectivity index (χ1) is 7.98. The molecule has 2 rings (SSSR count). The van der Waals surface area contributed by atoms with Crippen molar-refractivity contribution in [3.05, 3.63) is 52.8 Å². The number of nitrogens with zero attached hydrogens (tertiary/aromatic N) is 2. The monoisotopic (exact) mass is 259 g/mol. The zero-order valence-electron chi connectivity index (χ0n) is 8.50. The van der Waals surface area contributed by atoms with Crippen molar-refractivity contribution in [1.29, 1.82) is 0 Å². The molecular formula is C11H7ClF3N2. The van der Waals surface area contributed by atoms with Crippen molar-refractivity contribution >= 4 is 11.6 Å². The summed E-state index contributed by atoms with van der Waals surface area (Å²) >= 11 is 5.74. The number of rotatable bonds is 2. The smallest absolute Gasteiger partial charge is 0.268 e. The fraction of sp³-hybridized carbons (Fsp3) is 0.182. The lowest BCUT2D eigenvalue weighted by Gasteiger charge is -2.12. The lowest BCUT2D eigenvalue weighted by atomic mass is 10.1. The van der Waals surface area contributed by atoms with Gasteiger partial charge in [-0.3, -0.25) is 4.68 Å². The molecule has 0 aliphatic rings. The van der Waals surface area contributed by atoms with Crippen LogP contribution >= 0.6 is 11.6 Å². The first-order valence-corrected chi connectivity index (χ1v) is 5.09. The minimum absolute atomic E-state index is 0.187. The Hall–Kier alpha value is -1.49. The highest BCUT2D eigenvalue weighted by Gasteiger charge is 2.33. The Labute approximate surface area is 101 Å². The fourth-order valence-electron chi connectivity index (χ4n) is 1.44. The van der Waals surface area contributed by atoms with Crippen molar-refractivity contribution < 1.29 is 13.2 Å². The van der Waals surface area contributed by atoms with E-state index in [0.29, 0.717) is 5.56 Å². The molecule has 6 heteroatoms. The van der Waals surface area contributed by atoms with Gasteiger partial charge in [-0.2, -0.15) is 18.3 Å². The van der Waals surface area contributed by atoms with E-state index >= 15 is 0 Å². The maximum atomic E-state index is 12.6. The molecule has 1 aromatic heterocycles. The molecule has 0 bridgehead atoms. The third kappa shape index (κ3) is 2.61. The number of hydrogen-bond donors (Lipinski definition) is 0. The molecule has 17 heavy (non-hydrogen) atoms. The number of halogens is 4. The van der Waals surface area contributed by atoms with E-state index in [0.717, 1.165) is 6.07 Å². The molecule has 1 aromatic carbocycles. The number of alkyl halides is 3. The summed E-state index contributed by atoms with van der Waals surface area (Å²) in [6.45, 7) is 0.187. The molecule has 0 unspecified atom stereocenters. The number of hydrogen-bond acceptors (Lipinski definition) is 1. The highest BCUT2D eigenvalue weighted by atomic mass is 35.5. The largest absolute Gasteiger partial charge is 0.417 e.